The lowest BCUT2D eigenvalue weighted by molar-refractivity contribution is -0.149. The molecule has 1 aliphatic heterocycles. The molecule has 8 N–H and O–H groups in total. The third kappa shape index (κ3) is 7.77. The Kier molecular flexibility index (Phi) is 10.00. The molecular weight excluding hydrogens is 432 g/mol. The molecule has 1 saturated heterocycles. The fourth-order valence-electron chi connectivity index (χ4n) is 3.18. The molecule has 0 aliphatic carbocycles. The predicted octanol–water partition coefficient (Wildman–Crippen LogP) is -2.92. The summed E-state index contributed by atoms with van der Waals surface area (Å²) in [5.41, 5.74) is 5.62. The average Bonchev–Trinajstić information content (AvgIpc) is 3.18. The van der Waals surface area contributed by atoms with Crippen molar-refractivity contribution < 1.29 is 49.2 Å². The number of carbonyl (C=O) groups is 6. The normalized spacial score (nSPS) is 19.3. The summed E-state index contributed by atoms with van der Waals surface area (Å²) in [6, 6.07) is -5.56. The van der Waals surface area contributed by atoms with E-state index in [0.717, 1.165) is 4.90 Å². The molecule has 180 valence electrons. The summed E-state index contributed by atoms with van der Waals surface area (Å²) < 4.78 is 0. The van der Waals surface area contributed by atoms with Crippen LogP contribution in [0.4, 0.5) is 0 Å². The van der Waals surface area contributed by atoms with Gasteiger partial charge in [0.15, 0.2) is 0 Å². The van der Waals surface area contributed by atoms with Crippen LogP contribution in [0.1, 0.15) is 39.0 Å². The van der Waals surface area contributed by atoms with Crippen molar-refractivity contribution in [3.8, 4) is 0 Å². The summed E-state index contributed by atoms with van der Waals surface area (Å²) in [4.78, 5) is 71.4. The highest BCUT2D eigenvalue weighted by Gasteiger charge is 2.40. The minimum Gasteiger partial charge on any atom is -0.481 e. The predicted molar refractivity (Wildman–Crippen MR) is 105 cm³/mol. The van der Waals surface area contributed by atoms with E-state index < -0.39 is 72.3 Å². The molecule has 5 atom stereocenters. The highest BCUT2D eigenvalue weighted by Crippen LogP contribution is 2.20. The van der Waals surface area contributed by atoms with Crippen molar-refractivity contribution in [3.05, 3.63) is 0 Å². The van der Waals surface area contributed by atoms with E-state index in [1.165, 1.54) is 6.92 Å². The molecule has 32 heavy (non-hydrogen) atoms. The number of aliphatic hydroxyl groups is 1. The Morgan fingerprint density at radius 1 is 1.06 bits per heavy atom. The molecule has 0 saturated carbocycles. The van der Waals surface area contributed by atoms with Gasteiger partial charge in [0.05, 0.1) is 18.6 Å². The van der Waals surface area contributed by atoms with Crippen molar-refractivity contribution in [2.45, 2.75) is 69.3 Å². The first-order valence-electron chi connectivity index (χ1n) is 9.86. The summed E-state index contributed by atoms with van der Waals surface area (Å²) >= 11 is 0. The zero-order valence-corrected chi connectivity index (χ0v) is 17.4. The van der Waals surface area contributed by atoms with Crippen LogP contribution in [0.25, 0.3) is 0 Å². The number of likely N-dealkylation sites (tertiary alicyclic amines) is 1. The quantitative estimate of drug-likeness (QED) is 0.156. The minimum absolute atomic E-state index is 0.0811. The second-order valence-electron chi connectivity index (χ2n) is 7.45. The minimum atomic E-state index is -1.70. The van der Waals surface area contributed by atoms with Crippen molar-refractivity contribution in [1.82, 2.24) is 15.5 Å². The fourth-order valence-corrected chi connectivity index (χ4v) is 3.18. The van der Waals surface area contributed by atoms with Gasteiger partial charge < -0.3 is 41.7 Å². The molecule has 0 radical (unpaired) electrons. The monoisotopic (exact) mass is 460 g/mol. The first kappa shape index (κ1) is 26.8. The SMILES string of the molecule is C[C@@H](O)[C@H](NC(=O)[C@@H](N)CCC(=O)O)C(=O)N1CCC[C@H]1C(=O)N[C@@H](CC(=O)O)C(=O)O. The summed E-state index contributed by atoms with van der Waals surface area (Å²) in [5.74, 6) is -6.71. The van der Waals surface area contributed by atoms with Crippen LogP contribution in [0.5, 0.6) is 0 Å². The number of carbonyl (C=O) groups excluding carboxylic acids is 3. The molecule has 0 unspecified atom stereocenters. The van der Waals surface area contributed by atoms with E-state index in [9.17, 15) is 33.9 Å². The van der Waals surface area contributed by atoms with E-state index in [0.29, 0.717) is 6.42 Å². The molecule has 0 aromatic carbocycles. The van der Waals surface area contributed by atoms with Crippen molar-refractivity contribution in [1.29, 1.82) is 0 Å². The number of nitrogens with zero attached hydrogens (tertiary/aromatic N) is 1. The third-order valence-corrected chi connectivity index (χ3v) is 4.88. The third-order valence-electron chi connectivity index (χ3n) is 4.88. The van der Waals surface area contributed by atoms with Crippen molar-refractivity contribution in [2.24, 2.45) is 5.73 Å². The molecule has 0 spiro atoms. The van der Waals surface area contributed by atoms with Gasteiger partial charge >= 0.3 is 17.9 Å². The van der Waals surface area contributed by atoms with E-state index in [-0.39, 0.29) is 25.8 Å². The van der Waals surface area contributed by atoms with Gasteiger partial charge in [0, 0.05) is 13.0 Å². The number of amides is 3. The highest BCUT2D eigenvalue weighted by molar-refractivity contribution is 5.95. The molecular formula is C18H28N4O10. The van der Waals surface area contributed by atoms with Crippen LogP contribution in [0.2, 0.25) is 0 Å². The first-order chi connectivity index (χ1) is 14.8. The Balaban J connectivity index is 2.90. The molecule has 3 amide bonds. The molecule has 0 bridgehead atoms. The Morgan fingerprint density at radius 3 is 2.19 bits per heavy atom. The second-order valence-corrected chi connectivity index (χ2v) is 7.45. The van der Waals surface area contributed by atoms with Gasteiger partial charge in [-0.05, 0) is 26.2 Å². The van der Waals surface area contributed by atoms with E-state index in [1.54, 1.807) is 0 Å². The number of nitrogens with one attached hydrogen (secondary N) is 2. The maximum Gasteiger partial charge on any atom is 0.326 e. The lowest BCUT2D eigenvalue weighted by Gasteiger charge is -2.31. The first-order valence-corrected chi connectivity index (χ1v) is 9.86. The van der Waals surface area contributed by atoms with Gasteiger partial charge in [-0.3, -0.25) is 24.0 Å². The molecule has 14 nitrogen and oxygen atoms in total. The van der Waals surface area contributed by atoms with Crippen LogP contribution in [-0.4, -0.2) is 97.8 Å². The van der Waals surface area contributed by atoms with Gasteiger partial charge in [-0.1, -0.05) is 0 Å². The highest BCUT2D eigenvalue weighted by atomic mass is 16.4. The number of nitrogens with two attached hydrogens (primary N) is 1. The number of rotatable bonds is 12. The lowest BCUT2D eigenvalue weighted by atomic mass is 10.1. The van der Waals surface area contributed by atoms with Gasteiger partial charge in [0.1, 0.15) is 18.1 Å². The zero-order valence-electron chi connectivity index (χ0n) is 17.4. The molecule has 14 heteroatoms. The molecule has 1 heterocycles. The fraction of sp³-hybridized carbons (Fsp3) is 0.667. The number of aliphatic hydroxyl groups excluding tert-OH is 1. The summed E-state index contributed by atoms with van der Waals surface area (Å²) in [6.07, 6.45) is -2.29. The van der Waals surface area contributed by atoms with Gasteiger partial charge in [-0.2, -0.15) is 0 Å². The van der Waals surface area contributed by atoms with Crippen molar-refractivity contribution in [2.75, 3.05) is 6.54 Å². The maximum atomic E-state index is 12.9. The number of aliphatic carboxylic acids is 3. The topological polar surface area (TPSA) is 237 Å². The maximum absolute atomic E-state index is 12.9. The van der Waals surface area contributed by atoms with E-state index in [4.69, 9.17) is 21.1 Å². The van der Waals surface area contributed by atoms with Gasteiger partial charge in [-0.15, -0.1) is 0 Å². The van der Waals surface area contributed by atoms with Gasteiger partial charge in [0.25, 0.3) is 0 Å². The number of hydrogen-bond acceptors (Lipinski definition) is 8. The van der Waals surface area contributed by atoms with Gasteiger partial charge in [-0.25, -0.2) is 4.79 Å². The van der Waals surface area contributed by atoms with Gasteiger partial charge in [0.2, 0.25) is 17.7 Å². The Morgan fingerprint density at radius 2 is 1.69 bits per heavy atom. The molecule has 0 aromatic rings. The van der Waals surface area contributed by atoms with Crippen LogP contribution in [-0.2, 0) is 28.8 Å². The molecule has 1 aliphatic rings. The number of carboxylic acids is 3. The van der Waals surface area contributed by atoms with E-state index >= 15 is 0 Å². The van der Waals surface area contributed by atoms with Crippen LogP contribution >= 0.6 is 0 Å². The molecule has 1 fully saturated rings. The molecule has 1 rings (SSSR count). The van der Waals surface area contributed by atoms with Crippen LogP contribution in [0, 0.1) is 0 Å². The van der Waals surface area contributed by atoms with Crippen LogP contribution < -0.4 is 16.4 Å². The van der Waals surface area contributed by atoms with Crippen molar-refractivity contribution in [3.63, 3.8) is 0 Å². The Bertz CT molecular complexity index is 756. The second kappa shape index (κ2) is 12.0. The Hall–Kier alpha value is -3.26. The standard InChI is InChI=1S/C18H28N4O10/c1-8(23)14(21-15(28)9(19)4-5-12(24)25)17(30)22-6-2-3-11(22)16(29)20-10(18(31)32)7-13(26)27/h8-11,14,23H,2-7,19H2,1H3,(H,20,29)(H,21,28)(H,24,25)(H,26,27)(H,31,32)/t8-,9+,10+,11+,14+/m1/s1. The zero-order chi connectivity index (χ0) is 24.6. The lowest BCUT2D eigenvalue weighted by Crippen LogP contribution is -2.59. The average molecular weight is 460 g/mol. The Labute approximate surface area is 182 Å². The smallest absolute Gasteiger partial charge is 0.326 e. The summed E-state index contributed by atoms with van der Waals surface area (Å²) in [5, 5.41) is 40.9. The largest absolute Gasteiger partial charge is 0.481 e. The van der Waals surface area contributed by atoms with Crippen LogP contribution in [0.3, 0.4) is 0 Å². The van der Waals surface area contributed by atoms with Crippen LogP contribution in [0.15, 0.2) is 0 Å². The number of hydrogen-bond donors (Lipinski definition) is 7. The van der Waals surface area contributed by atoms with E-state index in [2.05, 4.69) is 10.6 Å². The number of carboxylic acid groups (broad SMARTS) is 3. The van der Waals surface area contributed by atoms with Crippen molar-refractivity contribution >= 4 is 35.6 Å². The summed E-state index contributed by atoms with van der Waals surface area (Å²) in [7, 11) is 0. The molecule has 0 aromatic heterocycles. The van der Waals surface area contributed by atoms with E-state index in [1.807, 2.05) is 0 Å². The summed E-state index contributed by atoms with van der Waals surface area (Å²) in [6.45, 7) is 1.31.